The summed E-state index contributed by atoms with van der Waals surface area (Å²) in [5, 5.41) is 12.7. The number of hydrogen-bond donors (Lipinski definition) is 1. The molecule has 0 bridgehead atoms. The second kappa shape index (κ2) is 9.34. The molecule has 3 aromatic rings. The third-order valence-corrected chi connectivity index (χ3v) is 4.88. The highest BCUT2D eigenvalue weighted by molar-refractivity contribution is 6.04. The summed E-state index contributed by atoms with van der Waals surface area (Å²) in [5.41, 5.74) is 1.82. The van der Waals surface area contributed by atoms with Crippen molar-refractivity contribution in [1.82, 2.24) is 15.1 Å². The Bertz CT molecular complexity index is 1290. The maximum absolute atomic E-state index is 12.9. The van der Waals surface area contributed by atoms with Gasteiger partial charge in [-0.1, -0.05) is 11.1 Å². The molecule has 4 rings (SSSR count). The number of aromatic nitrogens is 3. The molecule has 0 radical (unpaired) electrons. The third kappa shape index (κ3) is 5.32. The van der Waals surface area contributed by atoms with E-state index >= 15 is 0 Å². The maximum Gasteiger partial charge on any atom is 0.416 e. The number of aliphatic hydroxyl groups excluding tert-OH is 1. The fraction of sp³-hybridized carbons (Fsp3) is 0.261. The van der Waals surface area contributed by atoms with Crippen LogP contribution >= 0.6 is 0 Å². The summed E-state index contributed by atoms with van der Waals surface area (Å²) in [4.78, 5) is 24.8. The molecule has 10 heteroatoms. The molecule has 1 aliphatic rings. The van der Waals surface area contributed by atoms with Crippen LogP contribution in [0, 0.1) is 11.8 Å². The first-order valence-electron chi connectivity index (χ1n) is 10.0. The molecule has 3 heterocycles. The summed E-state index contributed by atoms with van der Waals surface area (Å²) >= 11 is 0. The number of fused-ring (bicyclic) bond motifs is 1. The van der Waals surface area contributed by atoms with Gasteiger partial charge in [-0.2, -0.15) is 13.2 Å². The Kier molecular flexibility index (Phi) is 6.33. The number of aryl methyl sites for hydroxylation is 1. The highest BCUT2D eigenvalue weighted by Gasteiger charge is 2.32. The quantitative estimate of drug-likeness (QED) is 0.450. The SMILES string of the molecule is O=C(CCc1cc(C2=Nc3ccc(C(F)(F)F)cc3C2)on1)c1cc(C#CCCO)ncn1. The zero-order valence-electron chi connectivity index (χ0n) is 17.2. The van der Waals surface area contributed by atoms with Crippen LogP contribution in [0.2, 0.25) is 0 Å². The van der Waals surface area contributed by atoms with Crippen LogP contribution in [0.5, 0.6) is 0 Å². The maximum atomic E-state index is 12.9. The minimum absolute atomic E-state index is 0.0589. The van der Waals surface area contributed by atoms with E-state index in [2.05, 4.69) is 32.0 Å². The van der Waals surface area contributed by atoms with E-state index in [1.807, 2.05) is 0 Å². The van der Waals surface area contributed by atoms with Crippen molar-refractivity contribution in [3.8, 4) is 11.8 Å². The third-order valence-electron chi connectivity index (χ3n) is 4.88. The Labute approximate surface area is 186 Å². The number of halogens is 3. The van der Waals surface area contributed by atoms with Crippen molar-refractivity contribution in [3.63, 3.8) is 0 Å². The Morgan fingerprint density at radius 2 is 2.03 bits per heavy atom. The molecule has 0 amide bonds. The van der Waals surface area contributed by atoms with Gasteiger partial charge in [-0.15, -0.1) is 0 Å². The van der Waals surface area contributed by atoms with Gasteiger partial charge in [0.05, 0.1) is 29.3 Å². The lowest BCUT2D eigenvalue weighted by Gasteiger charge is -2.07. The smallest absolute Gasteiger partial charge is 0.395 e. The Balaban J connectivity index is 1.38. The highest BCUT2D eigenvalue weighted by atomic mass is 19.4. The van der Waals surface area contributed by atoms with Gasteiger partial charge in [0, 0.05) is 37.8 Å². The van der Waals surface area contributed by atoms with Crippen molar-refractivity contribution < 1.29 is 27.6 Å². The molecule has 168 valence electrons. The molecule has 33 heavy (non-hydrogen) atoms. The van der Waals surface area contributed by atoms with E-state index in [4.69, 9.17) is 9.63 Å². The number of aliphatic hydroxyl groups is 1. The molecule has 1 aliphatic heterocycles. The fourth-order valence-electron chi connectivity index (χ4n) is 3.24. The number of carbonyl (C=O) groups is 1. The summed E-state index contributed by atoms with van der Waals surface area (Å²) in [6, 6.07) is 6.55. The summed E-state index contributed by atoms with van der Waals surface area (Å²) in [7, 11) is 0. The number of Topliss-reactive ketones (excluding diaryl/α,β-unsaturated/α-hetero) is 1. The molecule has 0 atom stereocenters. The molecule has 0 saturated carbocycles. The van der Waals surface area contributed by atoms with E-state index in [0.29, 0.717) is 40.5 Å². The van der Waals surface area contributed by atoms with Crippen LogP contribution in [-0.2, 0) is 19.0 Å². The molecule has 1 N–H and O–H groups in total. The average molecular weight is 454 g/mol. The largest absolute Gasteiger partial charge is 0.416 e. The van der Waals surface area contributed by atoms with Crippen molar-refractivity contribution in [3.05, 3.63) is 70.6 Å². The van der Waals surface area contributed by atoms with Crippen molar-refractivity contribution in [2.24, 2.45) is 4.99 Å². The van der Waals surface area contributed by atoms with Gasteiger partial charge in [0.2, 0.25) is 0 Å². The van der Waals surface area contributed by atoms with E-state index < -0.39 is 11.7 Å². The Morgan fingerprint density at radius 3 is 2.82 bits per heavy atom. The van der Waals surface area contributed by atoms with Crippen molar-refractivity contribution >= 4 is 17.2 Å². The topological polar surface area (TPSA) is 101 Å². The van der Waals surface area contributed by atoms with Gasteiger partial charge < -0.3 is 9.63 Å². The average Bonchev–Trinajstić information content (AvgIpc) is 3.43. The molecule has 7 nitrogen and oxygen atoms in total. The van der Waals surface area contributed by atoms with Gasteiger partial charge in [-0.25, -0.2) is 15.0 Å². The second-order valence-electron chi connectivity index (χ2n) is 7.25. The number of rotatable bonds is 6. The number of benzene rings is 1. The first kappa shape index (κ1) is 22.4. The molecule has 1 aromatic carbocycles. The standard InChI is InChI=1S/C23H17F3N4O3/c24-23(25,26)15-4-6-18-14(9-15)10-20(29-18)22-12-17(30-33-22)5-7-21(32)19-11-16(27-13-28-19)3-1-2-8-31/h4,6,9,11-13,31H,2,5,7-8,10H2. The van der Waals surface area contributed by atoms with Crippen molar-refractivity contribution in [2.75, 3.05) is 6.61 Å². The monoisotopic (exact) mass is 454 g/mol. The fourth-order valence-corrected chi connectivity index (χ4v) is 3.24. The van der Waals surface area contributed by atoms with Crippen molar-refractivity contribution in [2.45, 2.75) is 31.9 Å². The second-order valence-corrected chi connectivity index (χ2v) is 7.25. The number of alkyl halides is 3. The number of carbonyl (C=O) groups excluding carboxylic acids is 1. The van der Waals surface area contributed by atoms with Gasteiger partial charge in [-0.05, 0) is 29.7 Å². The molecule has 0 spiro atoms. The van der Waals surface area contributed by atoms with Gasteiger partial charge in [0.1, 0.15) is 17.7 Å². The van der Waals surface area contributed by atoms with Crippen LogP contribution in [-0.4, -0.2) is 38.3 Å². The van der Waals surface area contributed by atoms with Crippen LogP contribution in [0.15, 0.2) is 46.2 Å². The van der Waals surface area contributed by atoms with E-state index in [-0.39, 0.29) is 37.3 Å². The van der Waals surface area contributed by atoms with Crippen LogP contribution in [0.25, 0.3) is 0 Å². The van der Waals surface area contributed by atoms with Gasteiger partial charge >= 0.3 is 6.18 Å². The van der Waals surface area contributed by atoms with Crippen LogP contribution in [0.1, 0.15) is 51.6 Å². The minimum atomic E-state index is -4.42. The molecule has 0 unspecified atom stereocenters. The van der Waals surface area contributed by atoms with E-state index in [1.54, 1.807) is 6.07 Å². The first-order valence-corrected chi connectivity index (χ1v) is 10.0. The predicted octanol–water partition coefficient (Wildman–Crippen LogP) is 3.71. The summed E-state index contributed by atoms with van der Waals surface area (Å²) < 4.78 is 44.1. The van der Waals surface area contributed by atoms with Gasteiger partial charge in [0.25, 0.3) is 0 Å². The van der Waals surface area contributed by atoms with E-state index in [0.717, 1.165) is 12.1 Å². The molecular formula is C23H17F3N4O3. The number of aliphatic imine (C=N–C) groups is 1. The highest BCUT2D eigenvalue weighted by Crippen LogP contribution is 2.36. The number of hydrogen-bond acceptors (Lipinski definition) is 7. The lowest BCUT2D eigenvalue weighted by molar-refractivity contribution is -0.137. The molecule has 0 fully saturated rings. The minimum Gasteiger partial charge on any atom is -0.395 e. The Hall–Kier alpha value is -3.84. The molecule has 0 saturated heterocycles. The van der Waals surface area contributed by atoms with Gasteiger partial charge in [-0.3, -0.25) is 4.79 Å². The lowest BCUT2D eigenvalue weighted by atomic mass is 10.0. The number of nitrogens with zero attached hydrogens (tertiary/aromatic N) is 4. The Morgan fingerprint density at radius 1 is 1.18 bits per heavy atom. The zero-order chi connectivity index (χ0) is 23.4. The predicted molar refractivity (Wildman–Crippen MR) is 111 cm³/mol. The van der Waals surface area contributed by atoms with E-state index in [9.17, 15) is 18.0 Å². The van der Waals surface area contributed by atoms with Crippen LogP contribution in [0.3, 0.4) is 0 Å². The van der Waals surface area contributed by atoms with Crippen LogP contribution in [0.4, 0.5) is 18.9 Å². The molecule has 2 aromatic heterocycles. The lowest BCUT2D eigenvalue weighted by Crippen LogP contribution is -2.05. The van der Waals surface area contributed by atoms with Crippen molar-refractivity contribution in [1.29, 1.82) is 0 Å². The molecular weight excluding hydrogens is 437 g/mol. The van der Waals surface area contributed by atoms with Gasteiger partial charge in [0.15, 0.2) is 11.5 Å². The number of ketones is 1. The molecule has 0 aliphatic carbocycles. The first-order chi connectivity index (χ1) is 15.8. The summed E-state index contributed by atoms with van der Waals surface area (Å²) in [6.45, 7) is -0.0589. The van der Waals surface area contributed by atoms with E-state index in [1.165, 1.54) is 18.5 Å². The zero-order valence-corrected chi connectivity index (χ0v) is 17.2. The summed E-state index contributed by atoms with van der Waals surface area (Å²) in [6.07, 6.45) is -2.25. The summed E-state index contributed by atoms with van der Waals surface area (Å²) in [5.74, 6) is 5.61. The normalized spacial score (nSPS) is 12.7. The van der Waals surface area contributed by atoms with Crippen LogP contribution < -0.4 is 0 Å².